The van der Waals surface area contributed by atoms with Crippen molar-refractivity contribution in [2.75, 3.05) is 0 Å². The fourth-order valence-corrected chi connectivity index (χ4v) is 1.59. The normalized spacial score (nSPS) is 9.87. The second-order valence-electron chi connectivity index (χ2n) is 3.42. The second-order valence-corrected chi connectivity index (χ2v) is 3.42. The summed E-state index contributed by atoms with van der Waals surface area (Å²) in [5.41, 5.74) is 2.89. The van der Waals surface area contributed by atoms with Crippen LogP contribution in [0, 0.1) is 0 Å². The third-order valence-corrected chi connectivity index (χ3v) is 2.36. The second kappa shape index (κ2) is 4.56. The van der Waals surface area contributed by atoms with Gasteiger partial charge in [0.15, 0.2) is 0 Å². The van der Waals surface area contributed by atoms with Crippen LogP contribution in [0.4, 0.5) is 0 Å². The van der Waals surface area contributed by atoms with Crippen LogP contribution in [0.3, 0.4) is 0 Å². The quantitative estimate of drug-likeness (QED) is 0.736. The van der Waals surface area contributed by atoms with E-state index in [0.717, 1.165) is 12.0 Å². The molecule has 0 saturated heterocycles. The van der Waals surface area contributed by atoms with E-state index >= 15 is 0 Å². The highest BCUT2D eigenvalue weighted by atomic mass is 16.1. The smallest absolute Gasteiger partial charge is 0.233 e. The molecule has 1 heteroatoms. The van der Waals surface area contributed by atoms with Crippen molar-refractivity contribution >= 4 is 6.29 Å². The van der Waals surface area contributed by atoms with E-state index in [0.29, 0.717) is 5.56 Å². The molecule has 73 valence electrons. The molecule has 0 heterocycles. The number of hydrogen-bond donors (Lipinski definition) is 0. The lowest BCUT2D eigenvalue weighted by Gasteiger charge is -2.03. The topological polar surface area (TPSA) is 17.1 Å². The fourth-order valence-electron chi connectivity index (χ4n) is 1.59. The maximum absolute atomic E-state index is 10.7. The molecule has 0 aromatic heterocycles. The van der Waals surface area contributed by atoms with Crippen molar-refractivity contribution in [1.29, 1.82) is 0 Å². The molecule has 0 amide bonds. The molecule has 0 unspecified atom stereocenters. The van der Waals surface area contributed by atoms with E-state index in [1.54, 1.807) is 6.07 Å². The summed E-state index contributed by atoms with van der Waals surface area (Å²) < 4.78 is 0. The van der Waals surface area contributed by atoms with Gasteiger partial charge < -0.3 is 0 Å². The Labute approximate surface area is 89.4 Å². The predicted octanol–water partition coefficient (Wildman–Crippen LogP) is 2.74. The Hall–Kier alpha value is -1.89. The maximum Gasteiger partial charge on any atom is 0.233 e. The molecule has 0 bridgehead atoms. The van der Waals surface area contributed by atoms with Gasteiger partial charge in [0.2, 0.25) is 6.29 Å². The van der Waals surface area contributed by atoms with Crippen LogP contribution in [0.2, 0.25) is 0 Å². The molecule has 2 rings (SSSR count). The zero-order chi connectivity index (χ0) is 10.5. The number of rotatable bonds is 3. The van der Waals surface area contributed by atoms with Crippen molar-refractivity contribution in [3.63, 3.8) is 0 Å². The minimum Gasteiger partial charge on any atom is -0.285 e. The zero-order valence-electron chi connectivity index (χ0n) is 8.31. The number of hydrogen-bond acceptors (Lipinski definition) is 1. The molecule has 2 aromatic rings. The van der Waals surface area contributed by atoms with E-state index in [-0.39, 0.29) is 0 Å². The zero-order valence-corrected chi connectivity index (χ0v) is 8.31. The first-order valence-corrected chi connectivity index (χ1v) is 4.90. The molecule has 0 aliphatic rings. The maximum atomic E-state index is 10.7. The molecular weight excluding hydrogens is 184 g/mol. The molecule has 0 saturated carbocycles. The molecule has 0 spiro atoms. The van der Waals surface area contributed by atoms with E-state index in [9.17, 15) is 4.79 Å². The van der Waals surface area contributed by atoms with E-state index in [1.807, 2.05) is 42.7 Å². The molecule has 1 nitrogen and oxygen atoms in total. The lowest BCUT2D eigenvalue weighted by Crippen LogP contribution is -1.93. The summed E-state index contributed by atoms with van der Waals surface area (Å²) in [4.78, 5) is 10.7. The number of carbonyl (C=O) groups excluding carboxylic acids is 1. The lowest BCUT2D eigenvalue weighted by atomic mass is 10.0. The van der Waals surface area contributed by atoms with E-state index in [1.165, 1.54) is 5.56 Å². The highest BCUT2D eigenvalue weighted by Crippen LogP contribution is 2.12. The molecular formula is C14H11O. The SMILES string of the molecule is O=[C]c1ccccc1Cc1ccccc1. The predicted molar refractivity (Wildman–Crippen MR) is 60.5 cm³/mol. The Bertz CT molecular complexity index is 446. The van der Waals surface area contributed by atoms with Gasteiger partial charge in [-0.3, -0.25) is 4.79 Å². The molecule has 0 N–H and O–H groups in total. The number of benzene rings is 2. The van der Waals surface area contributed by atoms with Gasteiger partial charge in [-0.05, 0) is 17.5 Å². The summed E-state index contributed by atoms with van der Waals surface area (Å²) in [7, 11) is 0. The highest BCUT2D eigenvalue weighted by molar-refractivity contribution is 5.77. The van der Waals surface area contributed by atoms with Gasteiger partial charge in [0, 0.05) is 5.56 Å². The average molecular weight is 195 g/mol. The van der Waals surface area contributed by atoms with Gasteiger partial charge in [-0.25, -0.2) is 0 Å². The third-order valence-electron chi connectivity index (χ3n) is 2.36. The van der Waals surface area contributed by atoms with Crippen LogP contribution in [0.5, 0.6) is 0 Å². The average Bonchev–Trinajstić information content (AvgIpc) is 2.31. The van der Waals surface area contributed by atoms with Crippen molar-refractivity contribution in [3.8, 4) is 0 Å². The lowest BCUT2D eigenvalue weighted by molar-refractivity contribution is 0.562. The van der Waals surface area contributed by atoms with Crippen molar-refractivity contribution in [1.82, 2.24) is 0 Å². The highest BCUT2D eigenvalue weighted by Gasteiger charge is 2.01. The van der Waals surface area contributed by atoms with Gasteiger partial charge >= 0.3 is 0 Å². The standard InChI is InChI=1S/C14H11O/c15-11-14-9-5-4-8-13(14)10-12-6-2-1-3-7-12/h1-9H,10H2. The monoisotopic (exact) mass is 195 g/mol. The Morgan fingerprint density at radius 2 is 1.53 bits per heavy atom. The van der Waals surface area contributed by atoms with Crippen LogP contribution in [-0.2, 0) is 11.2 Å². The first-order chi connectivity index (χ1) is 7.40. The molecule has 0 fully saturated rings. The van der Waals surface area contributed by atoms with E-state index < -0.39 is 0 Å². The Balaban J connectivity index is 2.28. The minimum absolute atomic E-state index is 0.654. The van der Waals surface area contributed by atoms with Crippen LogP contribution in [0.1, 0.15) is 16.7 Å². The molecule has 0 atom stereocenters. The largest absolute Gasteiger partial charge is 0.285 e. The van der Waals surface area contributed by atoms with E-state index in [4.69, 9.17) is 0 Å². The molecule has 0 aliphatic carbocycles. The molecule has 2 aromatic carbocycles. The van der Waals surface area contributed by atoms with Gasteiger partial charge in [0.1, 0.15) is 0 Å². The van der Waals surface area contributed by atoms with Crippen LogP contribution in [-0.4, -0.2) is 6.29 Å². The summed E-state index contributed by atoms with van der Waals surface area (Å²) >= 11 is 0. The summed E-state index contributed by atoms with van der Waals surface area (Å²) in [6.07, 6.45) is 2.75. The van der Waals surface area contributed by atoms with Crippen molar-refractivity contribution < 1.29 is 4.79 Å². The van der Waals surface area contributed by atoms with Gasteiger partial charge in [-0.2, -0.15) is 0 Å². The molecule has 0 aliphatic heterocycles. The summed E-state index contributed by atoms with van der Waals surface area (Å²) in [6.45, 7) is 0. The summed E-state index contributed by atoms with van der Waals surface area (Å²) in [5.74, 6) is 0. The van der Waals surface area contributed by atoms with Crippen LogP contribution in [0.15, 0.2) is 54.6 Å². The van der Waals surface area contributed by atoms with Gasteiger partial charge in [0.05, 0.1) is 0 Å². The van der Waals surface area contributed by atoms with Crippen molar-refractivity contribution in [3.05, 3.63) is 71.3 Å². The first-order valence-electron chi connectivity index (χ1n) is 4.90. The Kier molecular flexibility index (Phi) is 2.93. The first kappa shape index (κ1) is 9.66. The summed E-state index contributed by atoms with van der Waals surface area (Å²) in [5, 5.41) is 0. The van der Waals surface area contributed by atoms with Crippen molar-refractivity contribution in [2.45, 2.75) is 6.42 Å². The van der Waals surface area contributed by atoms with Gasteiger partial charge in [-0.15, -0.1) is 0 Å². The van der Waals surface area contributed by atoms with E-state index in [2.05, 4.69) is 12.1 Å². The van der Waals surface area contributed by atoms with Crippen LogP contribution in [0.25, 0.3) is 0 Å². The Morgan fingerprint density at radius 3 is 2.27 bits per heavy atom. The fraction of sp³-hybridized carbons (Fsp3) is 0.0714. The van der Waals surface area contributed by atoms with Gasteiger partial charge in [0.25, 0.3) is 0 Å². The minimum atomic E-state index is 0.654. The summed E-state index contributed by atoms with van der Waals surface area (Å²) in [6, 6.07) is 17.7. The molecule has 1 radical (unpaired) electrons. The third kappa shape index (κ3) is 2.32. The van der Waals surface area contributed by atoms with Crippen LogP contribution < -0.4 is 0 Å². The van der Waals surface area contributed by atoms with Crippen LogP contribution >= 0.6 is 0 Å². The van der Waals surface area contributed by atoms with Crippen molar-refractivity contribution in [2.24, 2.45) is 0 Å². The molecule has 15 heavy (non-hydrogen) atoms. The Morgan fingerprint density at radius 1 is 0.867 bits per heavy atom. The van der Waals surface area contributed by atoms with Gasteiger partial charge in [-0.1, -0.05) is 54.6 Å².